The number of halogens is 1. The molecule has 0 saturated carbocycles. The molecule has 3 aromatic rings. The van der Waals surface area contributed by atoms with Crippen molar-refractivity contribution in [1.82, 2.24) is 10.7 Å². The van der Waals surface area contributed by atoms with Crippen molar-refractivity contribution in [3.63, 3.8) is 0 Å². The lowest BCUT2D eigenvalue weighted by molar-refractivity contribution is 0.0955. The number of rotatable bonds is 9. The Morgan fingerprint density at radius 3 is 2.33 bits per heavy atom. The molecular weight excluding hydrogens is 474 g/mol. The van der Waals surface area contributed by atoms with Gasteiger partial charge < -0.3 is 15.2 Å². The van der Waals surface area contributed by atoms with E-state index in [9.17, 15) is 9.90 Å². The third-order valence-corrected chi connectivity index (χ3v) is 6.05. The van der Waals surface area contributed by atoms with Crippen molar-refractivity contribution in [3.8, 4) is 11.5 Å². The molecule has 190 valence electrons. The van der Waals surface area contributed by atoms with Crippen LogP contribution in [0.5, 0.6) is 11.5 Å². The second-order valence-electron chi connectivity index (χ2n) is 9.82. The van der Waals surface area contributed by atoms with Gasteiger partial charge in [0.15, 0.2) is 0 Å². The van der Waals surface area contributed by atoms with Crippen molar-refractivity contribution in [2.75, 3.05) is 13.2 Å². The van der Waals surface area contributed by atoms with Crippen LogP contribution in [-0.4, -0.2) is 30.4 Å². The number of hydrazone groups is 1. The maximum Gasteiger partial charge on any atom is 0.271 e. The van der Waals surface area contributed by atoms with E-state index in [4.69, 9.17) is 16.3 Å². The molecular formula is C29H34ClN3O3. The van der Waals surface area contributed by atoms with E-state index in [0.29, 0.717) is 12.2 Å². The zero-order chi connectivity index (χ0) is 26.3. The first-order chi connectivity index (χ1) is 17.0. The van der Waals surface area contributed by atoms with Crippen LogP contribution in [0.15, 0.2) is 59.7 Å². The lowest BCUT2D eigenvalue weighted by atomic mass is 9.87. The first-order valence-corrected chi connectivity index (χ1v) is 12.3. The summed E-state index contributed by atoms with van der Waals surface area (Å²) in [5.74, 6) is 0.358. The molecule has 0 radical (unpaired) electrons. The Hall–Kier alpha value is -3.35. The van der Waals surface area contributed by atoms with E-state index >= 15 is 0 Å². The molecule has 1 amide bonds. The number of amides is 1. The van der Waals surface area contributed by atoms with Crippen molar-refractivity contribution < 1.29 is 14.6 Å². The van der Waals surface area contributed by atoms with Gasteiger partial charge in [-0.05, 0) is 77.4 Å². The number of hydrogen-bond donors (Lipinski definition) is 3. The summed E-state index contributed by atoms with van der Waals surface area (Å²) in [6.45, 7) is 12.7. The summed E-state index contributed by atoms with van der Waals surface area (Å²) in [5.41, 5.74) is 8.35. The minimum absolute atomic E-state index is 0.0772. The molecule has 0 fully saturated rings. The molecule has 0 aromatic heterocycles. The van der Waals surface area contributed by atoms with Crippen molar-refractivity contribution >= 4 is 23.7 Å². The van der Waals surface area contributed by atoms with Crippen LogP contribution in [0.2, 0.25) is 5.02 Å². The largest absolute Gasteiger partial charge is 0.506 e. The van der Waals surface area contributed by atoms with Gasteiger partial charge in [0.2, 0.25) is 0 Å². The summed E-state index contributed by atoms with van der Waals surface area (Å²) < 4.78 is 6.04. The molecule has 7 heteroatoms. The smallest absolute Gasteiger partial charge is 0.271 e. The van der Waals surface area contributed by atoms with Crippen LogP contribution in [0.4, 0.5) is 0 Å². The molecule has 0 bridgehead atoms. The zero-order valence-corrected chi connectivity index (χ0v) is 22.2. The standard InChI is InChI=1S/C29H34ClN3O3/c1-19-14-22(18-32-33-28(35)23-8-11-26(34)25(30)16-23)15-20(2)27(19)36-13-12-31-17-21-6-9-24(10-7-21)29(3,4)5/h6-11,14-16,18,31,34H,12-13,17H2,1-5H3,(H,33,35)/b32-18+. The molecule has 0 aliphatic carbocycles. The summed E-state index contributed by atoms with van der Waals surface area (Å²) in [6.07, 6.45) is 1.58. The summed E-state index contributed by atoms with van der Waals surface area (Å²) in [5, 5.41) is 17.1. The third kappa shape index (κ3) is 7.57. The van der Waals surface area contributed by atoms with Crippen molar-refractivity contribution in [3.05, 3.63) is 93.0 Å². The van der Waals surface area contributed by atoms with Gasteiger partial charge in [0, 0.05) is 18.7 Å². The minimum Gasteiger partial charge on any atom is -0.506 e. The first-order valence-electron chi connectivity index (χ1n) is 11.9. The average Bonchev–Trinajstić information content (AvgIpc) is 2.81. The Labute approximate surface area is 218 Å². The van der Waals surface area contributed by atoms with Gasteiger partial charge >= 0.3 is 0 Å². The van der Waals surface area contributed by atoms with E-state index in [-0.39, 0.29) is 16.2 Å². The molecule has 6 nitrogen and oxygen atoms in total. The lowest BCUT2D eigenvalue weighted by Gasteiger charge is -2.19. The van der Waals surface area contributed by atoms with Gasteiger partial charge in [-0.2, -0.15) is 5.10 Å². The van der Waals surface area contributed by atoms with Crippen LogP contribution in [0.3, 0.4) is 0 Å². The number of nitrogens with one attached hydrogen (secondary N) is 2. The lowest BCUT2D eigenvalue weighted by Crippen LogP contribution is -2.21. The van der Waals surface area contributed by atoms with Gasteiger partial charge in [0.25, 0.3) is 5.91 Å². The molecule has 0 heterocycles. The van der Waals surface area contributed by atoms with Crippen molar-refractivity contribution in [2.45, 2.75) is 46.6 Å². The van der Waals surface area contributed by atoms with Crippen LogP contribution in [0.1, 0.15) is 58.9 Å². The number of phenolic OH excluding ortho intramolecular Hbond substituents is 1. The van der Waals surface area contributed by atoms with E-state index in [2.05, 4.69) is 60.9 Å². The Bertz CT molecular complexity index is 1210. The second-order valence-corrected chi connectivity index (χ2v) is 10.2. The molecule has 0 atom stereocenters. The fourth-order valence-electron chi connectivity index (χ4n) is 3.74. The highest BCUT2D eigenvalue weighted by Crippen LogP contribution is 2.25. The molecule has 3 aromatic carbocycles. The number of carbonyl (C=O) groups excluding carboxylic acids is 1. The van der Waals surface area contributed by atoms with Gasteiger partial charge in [-0.3, -0.25) is 4.79 Å². The normalized spacial score (nSPS) is 11.6. The van der Waals surface area contributed by atoms with Crippen LogP contribution >= 0.6 is 11.6 Å². The van der Waals surface area contributed by atoms with Crippen LogP contribution in [0, 0.1) is 13.8 Å². The predicted octanol–water partition coefficient (Wildman–Crippen LogP) is 5.89. The molecule has 0 aliphatic heterocycles. The fourth-order valence-corrected chi connectivity index (χ4v) is 3.93. The average molecular weight is 508 g/mol. The predicted molar refractivity (Wildman–Crippen MR) is 146 cm³/mol. The molecule has 36 heavy (non-hydrogen) atoms. The molecule has 0 aliphatic rings. The van der Waals surface area contributed by atoms with Gasteiger partial charge in [0.1, 0.15) is 18.1 Å². The van der Waals surface area contributed by atoms with Crippen LogP contribution in [0.25, 0.3) is 0 Å². The molecule has 0 unspecified atom stereocenters. The summed E-state index contributed by atoms with van der Waals surface area (Å²) in [4.78, 5) is 12.2. The fraction of sp³-hybridized carbons (Fsp3) is 0.310. The first kappa shape index (κ1) is 27.2. The Morgan fingerprint density at radius 2 is 1.72 bits per heavy atom. The number of phenols is 1. The number of carbonyl (C=O) groups is 1. The zero-order valence-electron chi connectivity index (χ0n) is 21.5. The van der Waals surface area contributed by atoms with Crippen molar-refractivity contribution in [1.29, 1.82) is 0 Å². The third-order valence-electron chi connectivity index (χ3n) is 5.75. The molecule has 0 spiro atoms. The molecule has 3 rings (SSSR count). The van der Waals surface area contributed by atoms with Gasteiger partial charge in [-0.1, -0.05) is 56.6 Å². The quantitative estimate of drug-likeness (QED) is 0.191. The van der Waals surface area contributed by atoms with E-state index < -0.39 is 5.91 Å². The Kier molecular flexibility index (Phi) is 9.13. The number of benzene rings is 3. The number of aryl methyl sites for hydroxylation is 2. The van der Waals surface area contributed by atoms with E-state index in [1.54, 1.807) is 6.21 Å². The summed E-state index contributed by atoms with van der Waals surface area (Å²) >= 11 is 5.85. The highest BCUT2D eigenvalue weighted by atomic mass is 35.5. The van der Waals surface area contributed by atoms with E-state index in [1.165, 1.54) is 29.3 Å². The second kappa shape index (κ2) is 12.1. The SMILES string of the molecule is Cc1cc(/C=N/NC(=O)c2ccc(O)c(Cl)c2)cc(C)c1OCCNCc1ccc(C(C)(C)C)cc1. The number of aromatic hydroxyl groups is 1. The highest BCUT2D eigenvalue weighted by molar-refractivity contribution is 6.32. The number of nitrogens with zero attached hydrogens (tertiary/aromatic N) is 1. The van der Waals surface area contributed by atoms with Gasteiger partial charge in [-0.15, -0.1) is 0 Å². The minimum atomic E-state index is -0.417. The van der Waals surface area contributed by atoms with Gasteiger partial charge in [-0.25, -0.2) is 5.43 Å². The maximum absolute atomic E-state index is 12.2. The Morgan fingerprint density at radius 1 is 1.06 bits per heavy atom. The Balaban J connectivity index is 1.47. The maximum atomic E-state index is 12.2. The summed E-state index contributed by atoms with van der Waals surface area (Å²) in [7, 11) is 0. The molecule has 3 N–H and O–H groups in total. The van der Waals surface area contributed by atoms with Crippen molar-refractivity contribution in [2.24, 2.45) is 5.10 Å². The topological polar surface area (TPSA) is 83.0 Å². The van der Waals surface area contributed by atoms with E-state index in [1.807, 2.05) is 26.0 Å². The number of ether oxygens (including phenoxy) is 1. The van der Waals surface area contributed by atoms with E-state index in [0.717, 1.165) is 35.5 Å². The van der Waals surface area contributed by atoms with Gasteiger partial charge in [0.05, 0.1) is 11.2 Å². The monoisotopic (exact) mass is 507 g/mol. The van der Waals surface area contributed by atoms with Crippen LogP contribution in [-0.2, 0) is 12.0 Å². The summed E-state index contributed by atoms with van der Waals surface area (Å²) in [6, 6.07) is 16.9. The molecule has 0 saturated heterocycles. The number of hydrogen-bond acceptors (Lipinski definition) is 5. The van der Waals surface area contributed by atoms with Crippen LogP contribution < -0.4 is 15.5 Å². The highest BCUT2D eigenvalue weighted by Gasteiger charge is 2.13.